The van der Waals surface area contributed by atoms with Crippen LogP contribution >= 0.6 is 23.8 Å². The molecule has 0 unspecified atom stereocenters. The van der Waals surface area contributed by atoms with Crippen molar-refractivity contribution in [2.24, 2.45) is 10.2 Å². The average molecular weight is 472 g/mol. The van der Waals surface area contributed by atoms with E-state index in [4.69, 9.17) is 23.8 Å². The van der Waals surface area contributed by atoms with Crippen molar-refractivity contribution in [1.29, 1.82) is 5.26 Å². The Hall–Kier alpha value is -4.19. The number of pyridine rings is 1. The van der Waals surface area contributed by atoms with Gasteiger partial charge in [-0.25, -0.2) is 0 Å². The molecule has 0 spiro atoms. The number of nitro benzene ring substituents is 1. The molecule has 1 N–H and O–H groups in total. The van der Waals surface area contributed by atoms with Crippen LogP contribution in [0.1, 0.15) is 5.56 Å². The van der Waals surface area contributed by atoms with Crippen LogP contribution in [0, 0.1) is 26.1 Å². The van der Waals surface area contributed by atoms with Crippen molar-refractivity contribution < 1.29 is 4.92 Å². The van der Waals surface area contributed by atoms with E-state index in [9.17, 15) is 15.4 Å². The number of nitro groups is 1. The Kier molecular flexibility index (Phi) is 6.36. The number of benzene rings is 3. The van der Waals surface area contributed by atoms with E-state index in [2.05, 4.69) is 21.3 Å². The van der Waals surface area contributed by atoms with Gasteiger partial charge in [-0.3, -0.25) is 10.1 Å². The van der Waals surface area contributed by atoms with Crippen molar-refractivity contribution >= 4 is 40.9 Å². The van der Waals surface area contributed by atoms with Gasteiger partial charge in [0, 0.05) is 23.3 Å². The molecule has 0 aliphatic heterocycles. The number of aromatic amines is 1. The molecule has 0 saturated heterocycles. The molecule has 33 heavy (non-hydrogen) atoms. The summed E-state index contributed by atoms with van der Waals surface area (Å²) in [5.41, 5.74) is 3.42. The summed E-state index contributed by atoms with van der Waals surface area (Å²) in [7, 11) is 0. The zero-order valence-electron chi connectivity index (χ0n) is 16.9. The lowest BCUT2D eigenvalue weighted by Gasteiger charge is -2.13. The van der Waals surface area contributed by atoms with E-state index >= 15 is 0 Å². The number of rotatable bonds is 5. The van der Waals surface area contributed by atoms with Crippen LogP contribution in [0.15, 0.2) is 89.1 Å². The minimum atomic E-state index is -0.537. The van der Waals surface area contributed by atoms with Gasteiger partial charge in [-0.15, -0.1) is 10.2 Å². The molecule has 3 aromatic carbocycles. The molecule has 4 rings (SSSR count). The Morgan fingerprint density at radius 3 is 2.18 bits per heavy atom. The van der Waals surface area contributed by atoms with Crippen LogP contribution in [0.3, 0.4) is 0 Å². The molecule has 0 aliphatic carbocycles. The van der Waals surface area contributed by atoms with Crippen molar-refractivity contribution in [3.8, 4) is 28.5 Å². The predicted molar refractivity (Wildman–Crippen MR) is 129 cm³/mol. The summed E-state index contributed by atoms with van der Waals surface area (Å²) in [6.07, 6.45) is 0. The Morgan fingerprint density at radius 2 is 1.61 bits per heavy atom. The first kappa shape index (κ1) is 22.0. The molecule has 0 saturated carbocycles. The number of azo groups is 1. The average Bonchev–Trinajstić information content (AvgIpc) is 2.84. The molecule has 4 aromatic rings. The number of aromatic nitrogens is 1. The lowest BCUT2D eigenvalue weighted by molar-refractivity contribution is -0.384. The van der Waals surface area contributed by atoms with E-state index in [1.807, 2.05) is 60.7 Å². The third kappa shape index (κ3) is 4.55. The highest BCUT2D eigenvalue weighted by molar-refractivity contribution is 7.71. The summed E-state index contributed by atoms with van der Waals surface area (Å²) in [5, 5.41) is 29.7. The molecule has 0 radical (unpaired) electrons. The molecule has 0 aliphatic rings. The van der Waals surface area contributed by atoms with E-state index in [-0.39, 0.29) is 26.6 Å². The van der Waals surface area contributed by atoms with Crippen LogP contribution in [-0.4, -0.2) is 9.91 Å². The second-order valence-electron chi connectivity index (χ2n) is 6.86. The lowest BCUT2D eigenvalue weighted by atomic mass is 9.97. The zero-order valence-corrected chi connectivity index (χ0v) is 18.5. The summed E-state index contributed by atoms with van der Waals surface area (Å²) in [6.45, 7) is 0. The highest BCUT2D eigenvalue weighted by Gasteiger charge is 2.19. The molecular formula is C24H14ClN5O2S. The third-order valence-electron chi connectivity index (χ3n) is 4.83. The maximum Gasteiger partial charge on any atom is 0.271 e. The third-order valence-corrected chi connectivity index (χ3v) is 5.43. The summed E-state index contributed by atoms with van der Waals surface area (Å²) in [5.74, 6) is 0. The van der Waals surface area contributed by atoms with E-state index < -0.39 is 4.92 Å². The standard InChI is InChI=1S/C24H14ClN5O2S/c25-19-13-17(30(31)32)11-12-20(19)28-29-23-21(15-7-3-1-4-8-15)18(14-26)24(33)27-22(23)16-9-5-2-6-10-16/h1-13H,(H,27,33). The Balaban J connectivity index is 1.99. The minimum Gasteiger partial charge on any atom is -0.343 e. The maximum atomic E-state index is 11.0. The first-order chi connectivity index (χ1) is 16.0. The van der Waals surface area contributed by atoms with Crippen LogP contribution in [0.2, 0.25) is 5.02 Å². The van der Waals surface area contributed by atoms with Crippen molar-refractivity contribution in [1.82, 2.24) is 4.98 Å². The molecule has 160 valence electrons. The molecular weight excluding hydrogens is 458 g/mol. The number of hydrogen-bond acceptors (Lipinski definition) is 6. The van der Waals surface area contributed by atoms with Crippen LogP contribution in [0.25, 0.3) is 22.4 Å². The molecule has 0 amide bonds. The number of H-pyrrole nitrogens is 1. The lowest BCUT2D eigenvalue weighted by Crippen LogP contribution is -1.95. The van der Waals surface area contributed by atoms with Crippen LogP contribution in [0.4, 0.5) is 17.1 Å². The Morgan fingerprint density at radius 1 is 0.970 bits per heavy atom. The SMILES string of the molecule is N#Cc1c(-c2ccccc2)c(N=Nc2ccc([N+](=O)[O-])cc2Cl)c(-c2ccccc2)[nH]c1=S. The Labute approximate surface area is 198 Å². The Bertz CT molecular complexity index is 1480. The smallest absolute Gasteiger partial charge is 0.271 e. The van der Waals surface area contributed by atoms with Gasteiger partial charge in [0.15, 0.2) is 0 Å². The number of nitrogens with one attached hydrogen (secondary N) is 1. The van der Waals surface area contributed by atoms with E-state index in [1.165, 1.54) is 18.2 Å². The van der Waals surface area contributed by atoms with Gasteiger partial charge in [0.2, 0.25) is 0 Å². The van der Waals surface area contributed by atoms with Crippen molar-refractivity contribution in [2.45, 2.75) is 0 Å². The fourth-order valence-electron chi connectivity index (χ4n) is 3.29. The van der Waals surface area contributed by atoms with Gasteiger partial charge in [0.25, 0.3) is 5.69 Å². The largest absolute Gasteiger partial charge is 0.343 e. The van der Waals surface area contributed by atoms with Gasteiger partial charge in [-0.1, -0.05) is 84.5 Å². The maximum absolute atomic E-state index is 11.0. The highest BCUT2D eigenvalue weighted by Crippen LogP contribution is 2.42. The molecule has 1 heterocycles. The summed E-state index contributed by atoms with van der Waals surface area (Å²) in [6, 6.07) is 24.8. The zero-order chi connectivity index (χ0) is 23.4. The summed E-state index contributed by atoms with van der Waals surface area (Å²) < 4.78 is 0.280. The van der Waals surface area contributed by atoms with Gasteiger partial charge < -0.3 is 4.98 Å². The first-order valence-electron chi connectivity index (χ1n) is 9.66. The van der Waals surface area contributed by atoms with Gasteiger partial charge in [0.1, 0.15) is 22.1 Å². The number of halogens is 1. The van der Waals surface area contributed by atoms with Gasteiger partial charge >= 0.3 is 0 Å². The summed E-state index contributed by atoms with van der Waals surface area (Å²) >= 11 is 11.7. The van der Waals surface area contributed by atoms with Crippen molar-refractivity contribution in [3.05, 3.63) is 104 Å². The number of nitriles is 1. The van der Waals surface area contributed by atoms with E-state index in [0.29, 0.717) is 16.9 Å². The second kappa shape index (κ2) is 9.53. The van der Waals surface area contributed by atoms with Crippen LogP contribution in [-0.2, 0) is 0 Å². The minimum absolute atomic E-state index is 0.0832. The number of nitrogens with zero attached hydrogens (tertiary/aromatic N) is 4. The normalized spacial score (nSPS) is 10.8. The number of hydrogen-bond donors (Lipinski definition) is 1. The topological polar surface area (TPSA) is 107 Å². The first-order valence-corrected chi connectivity index (χ1v) is 10.4. The number of non-ortho nitro benzene ring substituents is 1. The highest BCUT2D eigenvalue weighted by atomic mass is 35.5. The molecule has 0 bridgehead atoms. The van der Waals surface area contributed by atoms with Crippen LogP contribution in [0.5, 0.6) is 0 Å². The molecule has 7 nitrogen and oxygen atoms in total. The van der Waals surface area contributed by atoms with Crippen molar-refractivity contribution in [2.75, 3.05) is 0 Å². The molecule has 0 atom stereocenters. The van der Waals surface area contributed by atoms with Gasteiger partial charge in [-0.05, 0) is 11.6 Å². The second-order valence-corrected chi connectivity index (χ2v) is 7.68. The fraction of sp³-hybridized carbons (Fsp3) is 0. The van der Waals surface area contributed by atoms with Gasteiger partial charge in [0.05, 0.1) is 21.2 Å². The molecule has 9 heteroatoms. The fourth-order valence-corrected chi connectivity index (χ4v) is 3.76. The van der Waals surface area contributed by atoms with E-state index in [1.54, 1.807) is 0 Å². The molecule has 0 fully saturated rings. The van der Waals surface area contributed by atoms with E-state index in [0.717, 1.165) is 11.1 Å². The van der Waals surface area contributed by atoms with Crippen molar-refractivity contribution in [3.63, 3.8) is 0 Å². The predicted octanol–water partition coefficient (Wildman–Crippen LogP) is 7.93. The monoisotopic (exact) mass is 471 g/mol. The quantitative estimate of drug-likeness (QED) is 0.138. The van der Waals surface area contributed by atoms with Crippen LogP contribution < -0.4 is 0 Å². The summed E-state index contributed by atoms with van der Waals surface area (Å²) in [4.78, 5) is 13.6. The van der Waals surface area contributed by atoms with Gasteiger partial charge in [-0.2, -0.15) is 5.26 Å². The molecule has 1 aromatic heterocycles.